The molecule has 0 spiro atoms. The van der Waals surface area contributed by atoms with Crippen molar-refractivity contribution >= 4 is 17.5 Å². The molecule has 1 aromatic carbocycles. The molecule has 1 aliphatic carbocycles. The zero-order valence-corrected chi connectivity index (χ0v) is 14.4. The standard InChI is InChI=1S/C19H21FN4O2/c20-16-11-15(6-7-17(16)24-10-2-8-21-24)22-18(25)14-3-1-9-23(12-14)19(26)13-4-5-13/h2,6-8,10-11,13-14H,1,3-5,9,12H2,(H,22,25). The van der Waals surface area contributed by atoms with E-state index in [1.165, 1.54) is 10.7 Å². The number of halogens is 1. The van der Waals surface area contributed by atoms with Crippen molar-refractivity contribution in [3.8, 4) is 5.69 Å². The van der Waals surface area contributed by atoms with E-state index >= 15 is 0 Å². The summed E-state index contributed by atoms with van der Waals surface area (Å²) in [5, 5.41) is 6.79. The number of nitrogens with zero attached hydrogens (tertiary/aromatic N) is 3. The fourth-order valence-corrected chi connectivity index (χ4v) is 3.41. The number of hydrogen-bond donors (Lipinski definition) is 1. The van der Waals surface area contributed by atoms with Gasteiger partial charge in [-0.05, 0) is 49.9 Å². The maximum absolute atomic E-state index is 14.3. The van der Waals surface area contributed by atoms with Crippen LogP contribution >= 0.6 is 0 Å². The molecule has 2 aromatic rings. The van der Waals surface area contributed by atoms with Crippen molar-refractivity contribution in [3.05, 3.63) is 42.5 Å². The number of rotatable bonds is 4. The average Bonchev–Trinajstić information content (AvgIpc) is 3.36. The van der Waals surface area contributed by atoms with E-state index in [4.69, 9.17) is 0 Å². The number of carbonyl (C=O) groups excluding carboxylic acids is 2. The summed E-state index contributed by atoms with van der Waals surface area (Å²) < 4.78 is 15.7. The first-order valence-electron chi connectivity index (χ1n) is 9.01. The highest BCUT2D eigenvalue weighted by Gasteiger charge is 2.36. The Hall–Kier alpha value is -2.70. The number of amides is 2. The first kappa shape index (κ1) is 16.8. The Balaban J connectivity index is 1.41. The van der Waals surface area contributed by atoms with Crippen LogP contribution in [0.2, 0.25) is 0 Å². The molecule has 136 valence electrons. The average molecular weight is 356 g/mol. The summed E-state index contributed by atoms with van der Waals surface area (Å²) in [5.74, 6) is -0.525. The molecule has 2 amide bonds. The van der Waals surface area contributed by atoms with Crippen LogP contribution in [0.5, 0.6) is 0 Å². The van der Waals surface area contributed by atoms with Gasteiger partial charge >= 0.3 is 0 Å². The van der Waals surface area contributed by atoms with Gasteiger partial charge in [0.2, 0.25) is 11.8 Å². The first-order chi connectivity index (χ1) is 12.6. The van der Waals surface area contributed by atoms with Gasteiger partial charge in [0.1, 0.15) is 5.69 Å². The van der Waals surface area contributed by atoms with Crippen molar-refractivity contribution in [3.63, 3.8) is 0 Å². The summed E-state index contributed by atoms with van der Waals surface area (Å²) in [6.07, 6.45) is 6.73. The number of anilines is 1. The third kappa shape index (κ3) is 3.47. The number of piperidine rings is 1. The second-order valence-corrected chi connectivity index (χ2v) is 7.00. The van der Waals surface area contributed by atoms with E-state index in [2.05, 4.69) is 10.4 Å². The third-order valence-electron chi connectivity index (χ3n) is 5.00. The topological polar surface area (TPSA) is 67.2 Å². The summed E-state index contributed by atoms with van der Waals surface area (Å²) in [6.45, 7) is 1.18. The predicted octanol–water partition coefficient (Wildman–Crippen LogP) is 2.60. The number of carbonyl (C=O) groups is 2. The molecule has 2 aliphatic rings. The van der Waals surface area contributed by atoms with Crippen LogP contribution in [0, 0.1) is 17.7 Å². The number of aromatic nitrogens is 2. The highest BCUT2D eigenvalue weighted by molar-refractivity contribution is 5.93. The van der Waals surface area contributed by atoms with Crippen LogP contribution in [0.25, 0.3) is 5.69 Å². The maximum atomic E-state index is 14.3. The van der Waals surface area contributed by atoms with Gasteiger partial charge in [-0.1, -0.05) is 0 Å². The Morgan fingerprint density at radius 3 is 2.73 bits per heavy atom. The fourth-order valence-electron chi connectivity index (χ4n) is 3.41. The van der Waals surface area contributed by atoms with Gasteiger partial charge in [0.15, 0.2) is 5.82 Å². The van der Waals surface area contributed by atoms with E-state index in [9.17, 15) is 14.0 Å². The van der Waals surface area contributed by atoms with Gasteiger partial charge in [-0.15, -0.1) is 0 Å². The molecule has 1 atom stereocenters. The summed E-state index contributed by atoms with van der Waals surface area (Å²) >= 11 is 0. The van der Waals surface area contributed by atoms with E-state index in [1.807, 2.05) is 4.90 Å². The molecule has 0 bridgehead atoms. The molecule has 1 unspecified atom stereocenters. The van der Waals surface area contributed by atoms with Crippen LogP contribution in [0.3, 0.4) is 0 Å². The summed E-state index contributed by atoms with van der Waals surface area (Å²) in [5.41, 5.74) is 0.737. The summed E-state index contributed by atoms with van der Waals surface area (Å²) in [4.78, 5) is 26.6. The minimum absolute atomic E-state index is 0.162. The Morgan fingerprint density at radius 1 is 1.19 bits per heavy atom. The SMILES string of the molecule is O=C(Nc1ccc(-n2cccn2)c(F)c1)C1CCCN(C(=O)C2CC2)C1. The lowest BCUT2D eigenvalue weighted by Gasteiger charge is -2.32. The fraction of sp³-hybridized carbons (Fsp3) is 0.421. The molecular weight excluding hydrogens is 335 g/mol. The maximum Gasteiger partial charge on any atom is 0.229 e. The smallest absolute Gasteiger partial charge is 0.229 e. The molecule has 7 heteroatoms. The van der Waals surface area contributed by atoms with Crippen LogP contribution in [-0.4, -0.2) is 39.6 Å². The van der Waals surface area contributed by atoms with Crippen LogP contribution < -0.4 is 5.32 Å². The van der Waals surface area contributed by atoms with Crippen molar-refractivity contribution in [1.82, 2.24) is 14.7 Å². The van der Waals surface area contributed by atoms with Gasteiger partial charge in [0.25, 0.3) is 0 Å². The molecule has 1 saturated heterocycles. The lowest BCUT2D eigenvalue weighted by molar-refractivity contribution is -0.135. The lowest BCUT2D eigenvalue weighted by atomic mass is 9.96. The molecule has 26 heavy (non-hydrogen) atoms. The van der Waals surface area contributed by atoms with Crippen molar-refractivity contribution < 1.29 is 14.0 Å². The van der Waals surface area contributed by atoms with Crippen LogP contribution in [0.15, 0.2) is 36.7 Å². The highest BCUT2D eigenvalue weighted by atomic mass is 19.1. The van der Waals surface area contributed by atoms with E-state index in [0.29, 0.717) is 17.9 Å². The Kier molecular flexibility index (Phi) is 4.44. The van der Waals surface area contributed by atoms with Gasteiger partial charge in [-0.2, -0.15) is 5.10 Å². The minimum atomic E-state index is -0.458. The van der Waals surface area contributed by atoms with Gasteiger partial charge in [-0.3, -0.25) is 9.59 Å². The zero-order valence-electron chi connectivity index (χ0n) is 14.4. The van der Waals surface area contributed by atoms with Crippen molar-refractivity contribution in [2.24, 2.45) is 11.8 Å². The predicted molar refractivity (Wildman–Crippen MR) is 94.2 cm³/mol. The molecule has 2 fully saturated rings. The van der Waals surface area contributed by atoms with E-state index in [-0.39, 0.29) is 23.7 Å². The molecule has 1 aliphatic heterocycles. The molecule has 6 nitrogen and oxygen atoms in total. The van der Waals surface area contributed by atoms with E-state index in [1.54, 1.807) is 30.6 Å². The number of nitrogens with one attached hydrogen (secondary N) is 1. The minimum Gasteiger partial charge on any atom is -0.342 e. The Bertz CT molecular complexity index is 817. The lowest BCUT2D eigenvalue weighted by Crippen LogP contribution is -2.44. The van der Waals surface area contributed by atoms with Gasteiger partial charge < -0.3 is 10.2 Å². The second-order valence-electron chi connectivity index (χ2n) is 7.00. The van der Waals surface area contributed by atoms with Crippen LogP contribution in [0.4, 0.5) is 10.1 Å². The van der Waals surface area contributed by atoms with E-state index in [0.717, 1.165) is 32.2 Å². The zero-order chi connectivity index (χ0) is 18.1. The monoisotopic (exact) mass is 356 g/mol. The number of benzene rings is 1. The molecule has 0 radical (unpaired) electrons. The van der Waals surface area contributed by atoms with Crippen molar-refractivity contribution in [2.75, 3.05) is 18.4 Å². The molecule has 2 heterocycles. The molecule has 4 rings (SSSR count). The molecule has 1 N–H and O–H groups in total. The normalized spacial score (nSPS) is 20.0. The molecule has 1 saturated carbocycles. The quantitative estimate of drug-likeness (QED) is 0.916. The van der Waals surface area contributed by atoms with Gasteiger partial charge in [0, 0.05) is 37.1 Å². The number of likely N-dealkylation sites (tertiary alicyclic amines) is 1. The molecular formula is C19H21FN4O2. The first-order valence-corrected chi connectivity index (χ1v) is 9.01. The molecule has 1 aromatic heterocycles. The van der Waals surface area contributed by atoms with Crippen molar-refractivity contribution in [1.29, 1.82) is 0 Å². The highest BCUT2D eigenvalue weighted by Crippen LogP contribution is 2.32. The summed E-state index contributed by atoms with van der Waals surface area (Å²) in [6, 6.07) is 6.26. The third-order valence-corrected chi connectivity index (χ3v) is 5.00. The van der Waals surface area contributed by atoms with Gasteiger partial charge in [-0.25, -0.2) is 9.07 Å². The van der Waals surface area contributed by atoms with E-state index < -0.39 is 5.82 Å². The second kappa shape index (κ2) is 6.90. The van der Waals surface area contributed by atoms with Crippen molar-refractivity contribution in [2.45, 2.75) is 25.7 Å². The van der Waals surface area contributed by atoms with Gasteiger partial charge in [0.05, 0.1) is 5.92 Å². The summed E-state index contributed by atoms with van der Waals surface area (Å²) in [7, 11) is 0. The van der Waals surface area contributed by atoms with Crippen LogP contribution in [0.1, 0.15) is 25.7 Å². The largest absolute Gasteiger partial charge is 0.342 e. The number of hydrogen-bond acceptors (Lipinski definition) is 3. The van der Waals surface area contributed by atoms with Crippen LogP contribution in [-0.2, 0) is 9.59 Å². The Morgan fingerprint density at radius 2 is 2.04 bits per heavy atom. The Labute approximate surface area is 151 Å².